The molecule has 1 aromatic heterocycles. The summed E-state index contributed by atoms with van der Waals surface area (Å²) in [5, 5.41) is 0. The van der Waals surface area contributed by atoms with Gasteiger partial charge in [0.25, 0.3) is 0 Å². The molecule has 0 aliphatic rings. The van der Waals surface area contributed by atoms with Crippen molar-refractivity contribution in [2.24, 2.45) is 5.73 Å². The minimum Gasteiger partial charge on any atom is -0.328 e. The predicted molar refractivity (Wildman–Crippen MR) is 76.7 cm³/mol. The third-order valence-corrected chi connectivity index (χ3v) is 3.29. The van der Waals surface area contributed by atoms with Gasteiger partial charge in [-0.1, -0.05) is 6.07 Å². The van der Waals surface area contributed by atoms with Crippen LogP contribution in [0.2, 0.25) is 0 Å². The molecule has 0 saturated heterocycles. The van der Waals surface area contributed by atoms with E-state index in [0.29, 0.717) is 0 Å². The van der Waals surface area contributed by atoms with Crippen LogP contribution < -0.4 is 5.73 Å². The van der Waals surface area contributed by atoms with Gasteiger partial charge in [0.1, 0.15) is 5.82 Å². The molecule has 0 saturated carbocycles. The molecular formula is C15H23N3. The van der Waals surface area contributed by atoms with Gasteiger partial charge >= 0.3 is 0 Å². The van der Waals surface area contributed by atoms with Gasteiger partial charge in [0.15, 0.2) is 0 Å². The van der Waals surface area contributed by atoms with E-state index in [2.05, 4.69) is 50.5 Å². The fourth-order valence-corrected chi connectivity index (χ4v) is 2.27. The third-order valence-electron chi connectivity index (χ3n) is 3.29. The lowest BCUT2D eigenvalue weighted by Gasteiger charge is -2.18. The summed E-state index contributed by atoms with van der Waals surface area (Å²) in [4.78, 5) is 4.75. The highest BCUT2D eigenvalue weighted by Crippen LogP contribution is 2.20. The van der Waals surface area contributed by atoms with Crippen LogP contribution in [0.3, 0.4) is 0 Å². The van der Waals surface area contributed by atoms with Crippen LogP contribution in [0.15, 0.2) is 18.2 Å². The van der Waals surface area contributed by atoms with Crippen molar-refractivity contribution in [1.82, 2.24) is 9.55 Å². The van der Waals surface area contributed by atoms with Crippen molar-refractivity contribution < 1.29 is 0 Å². The van der Waals surface area contributed by atoms with Gasteiger partial charge in [0, 0.05) is 18.5 Å². The summed E-state index contributed by atoms with van der Waals surface area (Å²) in [7, 11) is 0. The van der Waals surface area contributed by atoms with Crippen molar-refractivity contribution in [2.75, 3.05) is 0 Å². The van der Waals surface area contributed by atoms with Crippen LogP contribution in [-0.2, 0) is 13.0 Å². The van der Waals surface area contributed by atoms with Crippen molar-refractivity contribution in [3.8, 4) is 0 Å². The average Bonchev–Trinajstić information content (AvgIpc) is 2.62. The van der Waals surface area contributed by atoms with Crippen LogP contribution in [0.5, 0.6) is 0 Å². The average molecular weight is 245 g/mol. The lowest BCUT2D eigenvalue weighted by atomic mass is 10.00. The second-order valence-corrected chi connectivity index (χ2v) is 5.75. The van der Waals surface area contributed by atoms with Gasteiger partial charge in [-0.25, -0.2) is 4.98 Å². The molecule has 3 nitrogen and oxygen atoms in total. The zero-order valence-electron chi connectivity index (χ0n) is 11.8. The van der Waals surface area contributed by atoms with E-state index in [-0.39, 0.29) is 5.54 Å². The first-order chi connectivity index (χ1) is 8.40. The van der Waals surface area contributed by atoms with Crippen molar-refractivity contribution in [3.63, 3.8) is 0 Å². The summed E-state index contributed by atoms with van der Waals surface area (Å²) < 4.78 is 2.29. The van der Waals surface area contributed by atoms with Crippen molar-refractivity contribution in [2.45, 2.75) is 52.6 Å². The molecule has 18 heavy (non-hydrogen) atoms. The molecule has 0 amide bonds. The molecule has 0 bridgehead atoms. The molecular weight excluding hydrogens is 222 g/mol. The van der Waals surface area contributed by atoms with Crippen LogP contribution in [-0.4, -0.2) is 15.1 Å². The van der Waals surface area contributed by atoms with Crippen LogP contribution >= 0.6 is 0 Å². The molecule has 0 fully saturated rings. The van der Waals surface area contributed by atoms with E-state index < -0.39 is 0 Å². The highest BCUT2D eigenvalue weighted by molar-refractivity contribution is 5.76. The van der Waals surface area contributed by atoms with Gasteiger partial charge in [-0.3, -0.25) is 0 Å². The standard InChI is InChI=1S/C15H23N3/c1-5-18-13-7-6-11(2)10-12(13)17-14(18)8-9-15(3,4)16/h6-7,10H,5,8-9,16H2,1-4H3. The Kier molecular flexibility index (Phi) is 3.44. The summed E-state index contributed by atoms with van der Waals surface area (Å²) in [6.07, 6.45) is 1.89. The second-order valence-electron chi connectivity index (χ2n) is 5.75. The monoisotopic (exact) mass is 245 g/mol. The van der Waals surface area contributed by atoms with Gasteiger partial charge in [0.2, 0.25) is 0 Å². The predicted octanol–water partition coefficient (Wildman–Crippen LogP) is 3.03. The van der Waals surface area contributed by atoms with Crippen LogP contribution in [0.25, 0.3) is 11.0 Å². The van der Waals surface area contributed by atoms with Gasteiger partial charge in [-0.05, 0) is 51.8 Å². The number of nitrogens with two attached hydrogens (primary N) is 1. The SMILES string of the molecule is CCn1c(CCC(C)(C)N)nc2cc(C)ccc21. The summed E-state index contributed by atoms with van der Waals surface area (Å²) in [5.74, 6) is 1.15. The van der Waals surface area contributed by atoms with E-state index in [1.54, 1.807) is 0 Å². The summed E-state index contributed by atoms with van der Waals surface area (Å²) in [5.41, 5.74) is 9.51. The Morgan fingerprint density at radius 3 is 2.67 bits per heavy atom. The molecule has 98 valence electrons. The van der Waals surface area contributed by atoms with E-state index >= 15 is 0 Å². The van der Waals surface area contributed by atoms with E-state index in [4.69, 9.17) is 10.7 Å². The second kappa shape index (κ2) is 4.73. The van der Waals surface area contributed by atoms with Gasteiger partial charge in [-0.2, -0.15) is 0 Å². The van der Waals surface area contributed by atoms with Gasteiger partial charge in [-0.15, -0.1) is 0 Å². The normalized spacial score (nSPS) is 12.3. The van der Waals surface area contributed by atoms with Crippen LogP contribution in [0, 0.1) is 6.92 Å². The van der Waals surface area contributed by atoms with Crippen molar-refractivity contribution >= 4 is 11.0 Å². The van der Waals surface area contributed by atoms with Crippen molar-refractivity contribution in [3.05, 3.63) is 29.6 Å². The topological polar surface area (TPSA) is 43.8 Å². The molecule has 0 aliphatic heterocycles. The maximum absolute atomic E-state index is 6.06. The number of hydrogen-bond acceptors (Lipinski definition) is 2. The zero-order chi connectivity index (χ0) is 13.3. The highest BCUT2D eigenvalue weighted by Gasteiger charge is 2.15. The fraction of sp³-hybridized carbons (Fsp3) is 0.533. The minimum absolute atomic E-state index is 0.132. The number of nitrogens with zero attached hydrogens (tertiary/aromatic N) is 2. The van der Waals surface area contributed by atoms with Gasteiger partial charge in [0.05, 0.1) is 11.0 Å². The third kappa shape index (κ3) is 2.72. The number of hydrogen-bond donors (Lipinski definition) is 1. The first kappa shape index (κ1) is 13.1. The van der Waals surface area contributed by atoms with E-state index in [9.17, 15) is 0 Å². The summed E-state index contributed by atoms with van der Waals surface area (Å²) in [6, 6.07) is 6.46. The molecule has 0 radical (unpaired) electrons. The molecule has 1 heterocycles. The quantitative estimate of drug-likeness (QED) is 0.899. The minimum atomic E-state index is -0.132. The molecule has 0 aliphatic carbocycles. The van der Waals surface area contributed by atoms with E-state index in [1.165, 1.54) is 11.1 Å². The van der Waals surface area contributed by atoms with Gasteiger partial charge < -0.3 is 10.3 Å². The fourth-order valence-electron chi connectivity index (χ4n) is 2.27. The largest absolute Gasteiger partial charge is 0.328 e. The van der Waals surface area contributed by atoms with Crippen LogP contribution in [0.4, 0.5) is 0 Å². The zero-order valence-corrected chi connectivity index (χ0v) is 11.8. The number of fused-ring (bicyclic) bond motifs is 1. The Labute approximate surface area is 109 Å². The van der Waals surface area contributed by atoms with E-state index in [1.807, 2.05) is 0 Å². The van der Waals surface area contributed by atoms with E-state index in [0.717, 1.165) is 30.7 Å². The maximum atomic E-state index is 6.06. The summed E-state index contributed by atoms with van der Waals surface area (Å²) >= 11 is 0. The Morgan fingerprint density at radius 2 is 2.06 bits per heavy atom. The van der Waals surface area contributed by atoms with Crippen molar-refractivity contribution in [1.29, 1.82) is 0 Å². The molecule has 2 N–H and O–H groups in total. The molecule has 0 unspecified atom stereocenters. The first-order valence-electron chi connectivity index (χ1n) is 6.65. The molecule has 2 aromatic rings. The number of rotatable bonds is 4. The smallest absolute Gasteiger partial charge is 0.109 e. The summed E-state index contributed by atoms with van der Waals surface area (Å²) in [6.45, 7) is 9.36. The molecule has 1 aromatic carbocycles. The Balaban J connectivity index is 2.38. The Hall–Kier alpha value is -1.35. The maximum Gasteiger partial charge on any atom is 0.109 e. The number of aromatic nitrogens is 2. The molecule has 2 rings (SSSR count). The Morgan fingerprint density at radius 1 is 1.33 bits per heavy atom. The number of aryl methyl sites for hydroxylation is 3. The molecule has 0 spiro atoms. The lowest BCUT2D eigenvalue weighted by molar-refractivity contribution is 0.466. The number of benzene rings is 1. The molecule has 0 atom stereocenters. The lowest BCUT2D eigenvalue weighted by Crippen LogP contribution is -2.32. The van der Waals surface area contributed by atoms with Crippen LogP contribution in [0.1, 0.15) is 38.6 Å². The first-order valence-corrected chi connectivity index (χ1v) is 6.65. The number of imidazole rings is 1. The highest BCUT2D eigenvalue weighted by atomic mass is 15.1. The Bertz CT molecular complexity index is 547. The molecule has 3 heteroatoms.